The number of benzene rings is 1. The van der Waals surface area contributed by atoms with Gasteiger partial charge in [0.2, 0.25) is 0 Å². The van der Waals surface area contributed by atoms with Crippen molar-refractivity contribution in [3.63, 3.8) is 0 Å². The first-order valence-electron chi connectivity index (χ1n) is 6.52. The molecule has 1 aromatic carbocycles. The van der Waals surface area contributed by atoms with Crippen LogP contribution < -0.4 is 5.73 Å². The van der Waals surface area contributed by atoms with Crippen molar-refractivity contribution in [1.29, 1.82) is 0 Å². The number of amides is 1. The van der Waals surface area contributed by atoms with E-state index in [0.29, 0.717) is 23.6 Å². The molecule has 21 heavy (non-hydrogen) atoms. The van der Waals surface area contributed by atoms with Crippen LogP contribution in [-0.2, 0) is 0 Å². The average Bonchev–Trinajstić information content (AvgIpc) is 2.49. The zero-order chi connectivity index (χ0) is 15.6. The van der Waals surface area contributed by atoms with Gasteiger partial charge in [0, 0.05) is 18.7 Å². The Balaban J connectivity index is 2.09. The first-order valence-corrected chi connectivity index (χ1v) is 9.23. The van der Waals surface area contributed by atoms with Crippen molar-refractivity contribution in [1.82, 2.24) is 4.90 Å². The van der Waals surface area contributed by atoms with Crippen molar-refractivity contribution in [3.8, 4) is 5.75 Å². The Labute approximate surface area is 147 Å². The molecular weight excluding hydrogens is 419 g/mol. The fourth-order valence-corrected chi connectivity index (χ4v) is 4.03. The van der Waals surface area contributed by atoms with Crippen LogP contribution in [0.4, 0.5) is 0 Å². The van der Waals surface area contributed by atoms with E-state index in [2.05, 4.69) is 0 Å². The first-order chi connectivity index (χ1) is 9.89. The highest BCUT2D eigenvalue weighted by Crippen LogP contribution is 2.35. The number of carbonyl (C=O) groups is 1. The standard InChI is InChI=1S/C14H17IN2O2S2/c1-21-14(13(16)20)4-6-17(7-5-14)12(19)9-2-3-10(15)11(18)8-9/h2-3,8,18H,4-7H2,1H3,(H2,16,20). The summed E-state index contributed by atoms with van der Waals surface area (Å²) in [5.41, 5.74) is 6.37. The maximum atomic E-state index is 12.5. The molecule has 1 heterocycles. The molecule has 0 radical (unpaired) electrons. The number of nitrogens with zero attached hydrogens (tertiary/aromatic N) is 1. The molecular formula is C14H17IN2O2S2. The predicted octanol–water partition coefficient (Wildman–Crippen LogP) is 2.62. The number of hydrogen-bond acceptors (Lipinski definition) is 4. The summed E-state index contributed by atoms with van der Waals surface area (Å²) >= 11 is 8.88. The number of rotatable bonds is 3. The lowest BCUT2D eigenvalue weighted by molar-refractivity contribution is 0.0718. The van der Waals surface area contributed by atoms with Crippen LogP contribution in [0.5, 0.6) is 5.75 Å². The molecule has 0 unspecified atom stereocenters. The van der Waals surface area contributed by atoms with Crippen LogP contribution in [0, 0.1) is 3.57 Å². The number of nitrogens with two attached hydrogens (primary N) is 1. The van der Waals surface area contributed by atoms with Gasteiger partial charge < -0.3 is 15.7 Å². The van der Waals surface area contributed by atoms with Gasteiger partial charge in [-0.3, -0.25) is 4.79 Å². The SMILES string of the molecule is CSC1(C(N)=S)CCN(C(=O)c2ccc(I)c(O)c2)CC1. The molecule has 3 N–H and O–H groups in total. The van der Waals surface area contributed by atoms with Crippen molar-refractivity contribution in [2.24, 2.45) is 5.73 Å². The minimum atomic E-state index is -0.194. The van der Waals surface area contributed by atoms with Gasteiger partial charge in [0.1, 0.15) is 5.75 Å². The van der Waals surface area contributed by atoms with E-state index in [-0.39, 0.29) is 16.4 Å². The second kappa shape index (κ2) is 6.70. The van der Waals surface area contributed by atoms with Gasteiger partial charge in [-0.2, -0.15) is 11.8 Å². The van der Waals surface area contributed by atoms with Gasteiger partial charge in [0.25, 0.3) is 5.91 Å². The third kappa shape index (κ3) is 3.45. The van der Waals surface area contributed by atoms with E-state index >= 15 is 0 Å². The molecule has 0 aliphatic carbocycles. The number of carbonyl (C=O) groups excluding carboxylic acids is 1. The van der Waals surface area contributed by atoms with Crippen LogP contribution >= 0.6 is 46.6 Å². The maximum absolute atomic E-state index is 12.5. The lowest BCUT2D eigenvalue weighted by Crippen LogP contribution is -2.50. The second-order valence-electron chi connectivity index (χ2n) is 5.02. The van der Waals surface area contributed by atoms with Crippen LogP contribution in [0.1, 0.15) is 23.2 Å². The van der Waals surface area contributed by atoms with E-state index in [0.717, 1.165) is 16.4 Å². The van der Waals surface area contributed by atoms with Gasteiger partial charge in [-0.25, -0.2) is 0 Å². The lowest BCUT2D eigenvalue weighted by atomic mass is 9.95. The number of phenolic OH excluding ortho intramolecular Hbond substituents is 1. The van der Waals surface area contributed by atoms with Crippen LogP contribution in [-0.4, -0.2) is 45.0 Å². The molecule has 2 rings (SSSR count). The Morgan fingerprint density at radius 2 is 2.10 bits per heavy atom. The third-order valence-corrected chi connectivity index (χ3v) is 6.73. The summed E-state index contributed by atoms with van der Waals surface area (Å²) in [6, 6.07) is 5.01. The van der Waals surface area contributed by atoms with Crippen molar-refractivity contribution < 1.29 is 9.90 Å². The predicted molar refractivity (Wildman–Crippen MR) is 99.0 cm³/mol. The molecule has 0 bridgehead atoms. The normalized spacial score (nSPS) is 17.5. The zero-order valence-corrected chi connectivity index (χ0v) is 15.4. The van der Waals surface area contributed by atoms with Crippen LogP contribution in [0.2, 0.25) is 0 Å². The molecule has 7 heteroatoms. The summed E-state index contributed by atoms with van der Waals surface area (Å²) in [7, 11) is 0. The summed E-state index contributed by atoms with van der Waals surface area (Å²) in [6.45, 7) is 1.26. The highest BCUT2D eigenvalue weighted by Gasteiger charge is 2.38. The number of phenols is 1. The summed E-state index contributed by atoms with van der Waals surface area (Å²) in [5, 5.41) is 9.73. The first kappa shape index (κ1) is 16.8. The number of thioether (sulfide) groups is 1. The van der Waals surface area contributed by atoms with Crippen molar-refractivity contribution >= 4 is 57.5 Å². The van der Waals surface area contributed by atoms with Gasteiger partial charge >= 0.3 is 0 Å². The number of hydrogen-bond donors (Lipinski definition) is 2. The van der Waals surface area contributed by atoms with E-state index in [1.54, 1.807) is 28.8 Å². The van der Waals surface area contributed by atoms with E-state index in [9.17, 15) is 9.90 Å². The minimum absolute atomic E-state index is 0.0562. The smallest absolute Gasteiger partial charge is 0.253 e. The molecule has 0 saturated carbocycles. The molecule has 0 spiro atoms. The number of thiocarbonyl (C=S) groups is 1. The van der Waals surface area contributed by atoms with E-state index < -0.39 is 0 Å². The number of halogens is 1. The van der Waals surface area contributed by atoms with E-state index in [1.807, 2.05) is 28.8 Å². The molecule has 1 aliphatic heterocycles. The molecule has 1 saturated heterocycles. The molecule has 114 valence electrons. The molecule has 0 atom stereocenters. The Hall–Kier alpha value is -0.540. The highest BCUT2D eigenvalue weighted by molar-refractivity contribution is 14.1. The van der Waals surface area contributed by atoms with E-state index in [4.69, 9.17) is 18.0 Å². The highest BCUT2D eigenvalue weighted by atomic mass is 127. The molecule has 1 fully saturated rings. The quantitative estimate of drug-likeness (QED) is 0.564. The van der Waals surface area contributed by atoms with Gasteiger partial charge in [-0.05, 0) is 59.9 Å². The van der Waals surface area contributed by atoms with E-state index in [1.165, 1.54) is 6.07 Å². The Bertz CT molecular complexity index is 572. The van der Waals surface area contributed by atoms with Crippen LogP contribution in [0.25, 0.3) is 0 Å². The van der Waals surface area contributed by atoms with Gasteiger partial charge in [-0.15, -0.1) is 0 Å². The van der Waals surface area contributed by atoms with Gasteiger partial charge in [0.05, 0.1) is 13.3 Å². The molecule has 0 aromatic heterocycles. The monoisotopic (exact) mass is 436 g/mol. The average molecular weight is 436 g/mol. The zero-order valence-electron chi connectivity index (χ0n) is 11.6. The Morgan fingerprint density at radius 3 is 2.57 bits per heavy atom. The fraction of sp³-hybridized carbons (Fsp3) is 0.429. The fourth-order valence-electron chi connectivity index (χ4n) is 2.45. The number of likely N-dealkylation sites (tertiary alicyclic amines) is 1. The second-order valence-corrected chi connectivity index (χ2v) is 7.81. The molecule has 1 aliphatic rings. The third-order valence-electron chi connectivity index (χ3n) is 3.89. The lowest BCUT2D eigenvalue weighted by Gasteiger charge is -2.40. The molecule has 1 amide bonds. The number of aromatic hydroxyl groups is 1. The van der Waals surface area contributed by atoms with Crippen LogP contribution in [0.15, 0.2) is 18.2 Å². The Morgan fingerprint density at radius 1 is 1.48 bits per heavy atom. The maximum Gasteiger partial charge on any atom is 0.253 e. The summed E-state index contributed by atoms with van der Waals surface area (Å²) in [5.74, 6) is 0.0828. The largest absolute Gasteiger partial charge is 0.507 e. The van der Waals surface area contributed by atoms with Crippen LogP contribution in [0.3, 0.4) is 0 Å². The minimum Gasteiger partial charge on any atom is -0.507 e. The topological polar surface area (TPSA) is 66.6 Å². The summed E-state index contributed by atoms with van der Waals surface area (Å²) < 4.78 is 0.540. The molecule has 1 aromatic rings. The summed E-state index contributed by atoms with van der Waals surface area (Å²) in [6.07, 6.45) is 3.55. The van der Waals surface area contributed by atoms with Gasteiger partial charge in [0.15, 0.2) is 0 Å². The molecule has 4 nitrogen and oxygen atoms in total. The van der Waals surface area contributed by atoms with Crippen molar-refractivity contribution in [2.75, 3.05) is 19.3 Å². The Kier molecular flexibility index (Phi) is 5.37. The number of piperidine rings is 1. The summed E-state index contributed by atoms with van der Waals surface area (Å²) in [4.78, 5) is 14.8. The van der Waals surface area contributed by atoms with Crippen molar-refractivity contribution in [2.45, 2.75) is 17.6 Å². The van der Waals surface area contributed by atoms with Crippen molar-refractivity contribution in [3.05, 3.63) is 27.3 Å². The van der Waals surface area contributed by atoms with Gasteiger partial charge in [-0.1, -0.05) is 12.2 Å².